The molecule has 3 atom stereocenters. The summed E-state index contributed by atoms with van der Waals surface area (Å²) >= 11 is 0. The minimum absolute atomic E-state index is 0.000346. The second-order valence-electron chi connectivity index (χ2n) is 7.51. The number of carboxylic acid groups (broad SMARTS) is 1. The molecule has 3 unspecified atom stereocenters. The van der Waals surface area contributed by atoms with E-state index >= 15 is 0 Å². The van der Waals surface area contributed by atoms with Crippen LogP contribution >= 0.6 is 0 Å². The van der Waals surface area contributed by atoms with Gasteiger partial charge in [-0.15, -0.1) is 0 Å². The second kappa shape index (κ2) is 15.7. The summed E-state index contributed by atoms with van der Waals surface area (Å²) in [6.07, 6.45) is 11.5. The van der Waals surface area contributed by atoms with Gasteiger partial charge in [-0.05, 0) is 38.5 Å². The van der Waals surface area contributed by atoms with Crippen molar-refractivity contribution in [2.75, 3.05) is 26.2 Å². The maximum atomic E-state index is 11.9. The molecule has 28 heavy (non-hydrogen) atoms. The van der Waals surface area contributed by atoms with Crippen molar-refractivity contribution in [1.29, 1.82) is 0 Å². The summed E-state index contributed by atoms with van der Waals surface area (Å²) in [5.74, 6) is -0.952. The van der Waals surface area contributed by atoms with Crippen molar-refractivity contribution in [3.05, 3.63) is 24.3 Å². The molecule has 0 aromatic carbocycles. The Morgan fingerprint density at radius 3 is 1.68 bits per heavy atom. The zero-order valence-electron chi connectivity index (χ0n) is 18.0. The van der Waals surface area contributed by atoms with Gasteiger partial charge in [-0.3, -0.25) is 0 Å². The molecule has 0 aliphatic heterocycles. The van der Waals surface area contributed by atoms with Gasteiger partial charge in [-0.1, -0.05) is 45.1 Å². The Morgan fingerprint density at radius 1 is 0.893 bits per heavy atom. The third-order valence-corrected chi connectivity index (χ3v) is 5.16. The van der Waals surface area contributed by atoms with Crippen molar-refractivity contribution in [3.8, 4) is 0 Å². The topological polar surface area (TPSA) is 98.0 Å². The number of quaternary nitrogens is 1. The molecule has 164 valence electrons. The van der Waals surface area contributed by atoms with Crippen molar-refractivity contribution in [1.82, 2.24) is 0 Å². The summed E-state index contributed by atoms with van der Waals surface area (Å²) in [6, 6.07) is -0.770. The molecule has 0 saturated heterocycles. The fraction of sp³-hybridized carbons (Fsp3) is 0.773. The predicted octanol–water partition coefficient (Wildman–Crippen LogP) is 2.87. The molecule has 0 fully saturated rings. The lowest BCUT2D eigenvalue weighted by molar-refractivity contribution is -0.949. The van der Waals surface area contributed by atoms with Crippen LogP contribution in [-0.4, -0.2) is 75.4 Å². The van der Waals surface area contributed by atoms with Gasteiger partial charge in [0.05, 0.1) is 6.61 Å². The number of nitrogens with zero attached hydrogens (tertiary/aromatic N) is 1. The van der Waals surface area contributed by atoms with E-state index in [1.165, 1.54) is 0 Å². The van der Waals surface area contributed by atoms with Gasteiger partial charge in [-0.25, -0.2) is 4.79 Å². The van der Waals surface area contributed by atoms with Crippen LogP contribution in [0.15, 0.2) is 24.3 Å². The van der Waals surface area contributed by atoms with E-state index in [0.29, 0.717) is 19.3 Å². The Balaban J connectivity index is 5.36. The Kier molecular flexibility index (Phi) is 15.0. The maximum absolute atomic E-state index is 11.9. The highest BCUT2D eigenvalue weighted by atomic mass is 16.4. The van der Waals surface area contributed by atoms with E-state index in [9.17, 15) is 25.2 Å². The molecular formula is C22H42NO5+. The number of carboxylic acids is 1. The molecule has 4 N–H and O–H groups in total. The first-order chi connectivity index (χ1) is 13.4. The average Bonchev–Trinajstić information content (AvgIpc) is 2.62. The molecule has 0 heterocycles. The van der Waals surface area contributed by atoms with Gasteiger partial charge in [0, 0.05) is 6.42 Å². The molecule has 0 bridgehead atoms. The number of hydrogen-bond donors (Lipinski definition) is 4. The molecular weight excluding hydrogens is 358 g/mol. The molecule has 0 spiro atoms. The smallest absolute Gasteiger partial charge is 0.362 e. The van der Waals surface area contributed by atoms with Crippen molar-refractivity contribution in [2.24, 2.45) is 0 Å². The highest BCUT2D eigenvalue weighted by molar-refractivity contribution is 5.72. The van der Waals surface area contributed by atoms with Gasteiger partial charge in [0.2, 0.25) is 0 Å². The lowest BCUT2D eigenvalue weighted by Crippen LogP contribution is -2.64. The normalized spacial score (nSPS) is 17.6. The fourth-order valence-corrected chi connectivity index (χ4v) is 3.83. The largest absolute Gasteiger partial charge is 0.477 e. The Labute approximate surface area is 170 Å². The number of rotatable bonds is 17. The maximum Gasteiger partial charge on any atom is 0.362 e. The van der Waals surface area contributed by atoms with E-state index in [0.717, 1.165) is 25.7 Å². The molecule has 0 aliphatic rings. The van der Waals surface area contributed by atoms with Crippen LogP contribution in [0, 0.1) is 0 Å². The Bertz CT molecular complexity index is 438. The van der Waals surface area contributed by atoms with E-state index in [1.54, 1.807) is 6.92 Å². The van der Waals surface area contributed by atoms with Crippen LogP contribution in [0.25, 0.3) is 0 Å². The molecule has 0 rings (SSSR count). The van der Waals surface area contributed by atoms with Crippen LogP contribution < -0.4 is 0 Å². The quantitative estimate of drug-likeness (QED) is 0.222. The van der Waals surface area contributed by atoms with E-state index in [1.807, 2.05) is 38.2 Å². The monoisotopic (exact) mass is 400 g/mol. The minimum atomic E-state index is -0.952. The Hall–Kier alpha value is -1.21. The van der Waals surface area contributed by atoms with E-state index < -0.39 is 24.2 Å². The third-order valence-electron chi connectivity index (χ3n) is 5.16. The van der Waals surface area contributed by atoms with Crippen molar-refractivity contribution in [2.45, 2.75) is 84.0 Å². The standard InChI is InChI=1S/C22H41NO5/c1-4-7-9-11-13-19(25)17-23(15-16-24,21(6-3)22(27)28)18-20(26)14-12-10-8-5-2/h7-10,19-21,24-26H,4-6,11-18H2,1-3H3/p+1/b9-7+,10-8+. The van der Waals surface area contributed by atoms with Gasteiger partial charge in [0.15, 0.2) is 6.04 Å². The number of hydrogen-bond acceptors (Lipinski definition) is 4. The van der Waals surface area contributed by atoms with E-state index in [2.05, 4.69) is 0 Å². The van der Waals surface area contributed by atoms with Gasteiger partial charge in [-0.2, -0.15) is 0 Å². The second-order valence-corrected chi connectivity index (χ2v) is 7.51. The molecule has 0 aliphatic carbocycles. The molecule has 0 saturated carbocycles. The number of allylic oxidation sites excluding steroid dienone is 4. The first-order valence-corrected chi connectivity index (χ1v) is 10.7. The van der Waals surface area contributed by atoms with Gasteiger partial charge in [0.1, 0.15) is 31.8 Å². The van der Waals surface area contributed by atoms with Crippen LogP contribution in [-0.2, 0) is 4.79 Å². The lowest BCUT2D eigenvalue weighted by atomic mass is 10.0. The first kappa shape index (κ1) is 26.8. The van der Waals surface area contributed by atoms with Crippen molar-refractivity contribution < 1.29 is 29.7 Å². The van der Waals surface area contributed by atoms with Crippen molar-refractivity contribution >= 4 is 5.97 Å². The van der Waals surface area contributed by atoms with Gasteiger partial charge < -0.3 is 24.9 Å². The van der Waals surface area contributed by atoms with Crippen LogP contribution in [0.4, 0.5) is 0 Å². The third kappa shape index (κ3) is 10.4. The minimum Gasteiger partial charge on any atom is -0.477 e. The molecule has 6 nitrogen and oxygen atoms in total. The molecule has 0 amide bonds. The molecule has 0 radical (unpaired) electrons. The fourth-order valence-electron chi connectivity index (χ4n) is 3.83. The average molecular weight is 401 g/mol. The van der Waals surface area contributed by atoms with E-state index in [-0.39, 0.29) is 30.7 Å². The van der Waals surface area contributed by atoms with Crippen LogP contribution in [0.3, 0.4) is 0 Å². The summed E-state index contributed by atoms with van der Waals surface area (Å²) in [7, 11) is 0. The summed E-state index contributed by atoms with van der Waals surface area (Å²) < 4.78 is -0.000346. The summed E-state index contributed by atoms with van der Waals surface area (Å²) in [5.41, 5.74) is 0. The Morgan fingerprint density at radius 2 is 1.36 bits per heavy atom. The number of aliphatic carboxylic acids is 1. The highest BCUT2D eigenvalue weighted by Gasteiger charge is 2.43. The molecule has 0 aromatic rings. The van der Waals surface area contributed by atoms with Gasteiger partial charge in [0.25, 0.3) is 0 Å². The summed E-state index contributed by atoms with van der Waals surface area (Å²) in [6.45, 7) is 6.34. The predicted molar refractivity (Wildman–Crippen MR) is 113 cm³/mol. The molecule has 0 aromatic heterocycles. The molecule has 6 heteroatoms. The summed E-state index contributed by atoms with van der Waals surface area (Å²) in [5, 5.41) is 40.6. The highest BCUT2D eigenvalue weighted by Crippen LogP contribution is 2.22. The van der Waals surface area contributed by atoms with Crippen LogP contribution in [0.2, 0.25) is 0 Å². The van der Waals surface area contributed by atoms with Crippen LogP contribution in [0.5, 0.6) is 0 Å². The van der Waals surface area contributed by atoms with Gasteiger partial charge >= 0.3 is 5.97 Å². The van der Waals surface area contributed by atoms with E-state index in [4.69, 9.17) is 0 Å². The van der Waals surface area contributed by atoms with Crippen LogP contribution in [0.1, 0.15) is 65.7 Å². The number of aliphatic hydroxyl groups is 3. The lowest BCUT2D eigenvalue weighted by Gasteiger charge is -2.44. The zero-order valence-corrected chi connectivity index (χ0v) is 18.0. The summed E-state index contributed by atoms with van der Waals surface area (Å²) in [4.78, 5) is 11.9. The van der Waals surface area contributed by atoms with Crippen molar-refractivity contribution in [3.63, 3.8) is 0 Å². The number of aliphatic hydroxyl groups excluding tert-OH is 3. The SMILES string of the molecule is CC/C=C/CCC(O)C[N+](CCO)(CC(O)CC/C=C/CC)C(CC)C(=O)O. The number of carbonyl (C=O) groups is 1. The first-order valence-electron chi connectivity index (χ1n) is 10.7. The zero-order chi connectivity index (χ0) is 21.4.